The molecule has 5 rings (SSSR count). The maximum absolute atomic E-state index is 16.9. The summed E-state index contributed by atoms with van der Waals surface area (Å²) < 4.78 is 52.8. The van der Waals surface area contributed by atoms with Gasteiger partial charge in [0.15, 0.2) is 0 Å². The van der Waals surface area contributed by atoms with Crippen molar-refractivity contribution >= 4 is 84.3 Å². The van der Waals surface area contributed by atoms with Crippen molar-refractivity contribution in [2.45, 2.75) is 50.8 Å². The van der Waals surface area contributed by atoms with E-state index in [9.17, 15) is 4.79 Å². The summed E-state index contributed by atoms with van der Waals surface area (Å²) in [6.07, 6.45) is 5.24. The van der Waals surface area contributed by atoms with E-state index >= 15 is 8.78 Å². The van der Waals surface area contributed by atoms with Crippen molar-refractivity contribution in [3.63, 3.8) is 0 Å². The van der Waals surface area contributed by atoms with Gasteiger partial charge in [-0.05, 0) is 40.0 Å². The fourth-order valence-electron chi connectivity index (χ4n) is 5.23. The van der Waals surface area contributed by atoms with Crippen LogP contribution in [0.2, 0.25) is 0 Å². The Hall–Kier alpha value is -2.64. The molecule has 1 aliphatic heterocycles. The Morgan fingerprint density at radius 1 is 1.17 bits per heavy atom. The van der Waals surface area contributed by atoms with Crippen molar-refractivity contribution in [1.29, 1.82) is 0 Å². The molecule has 15 heteroatoms. The molecule has 1 aliphatic rings. The van der Waals surface area contributed by atoms with Crippen LogP contribution in [-0.2, 0) is 21.3 Å². The molecule has 4 aromatic rings. The van der Waals surface area contributed by atoms with Gasteiger partial charge in [0.2, 0.25) is 0 Å². The first-order valence-electron chi connectivity index (χ1n) is 14.8. The molecule has 0 N–H and O–H groups in total. The third kappa shape index (κ3) is 8.16. The molecular weight excluding hydrogens is 856 g/mol. The van der Waals surface area contributed by atoms with Gasteiger partial charge in [0.1, 0.15) is 5.60 Å². The first-order valence-corrected chi connectivity index (χ1v) is 26.3. The number of carbonyl (C=O) groups is 1. The number of halogens is 2. The Bertz CT molecular complexity index is 1960. The summed E-state index contributed by atoms with van der Waals surface area (Å²) in [5, 5.41) is 4.90. The molecule has 0 bridgehead atoms. The predicted molar refractivity (Wildman–Crippen MR) is 186 cm³/mol. The number of amides is 1. The molecule has 0 unspecified atom stereocenters. The first kappa shape index (κ1) is 35.7. The van der Waals surface area contributed by atoms with Crippen LogP contribution in [0.25, 0.3) is 32.9 Å². The number of hydrogen-bond acceptors (Lipinski definition) is 10. The Balaban J connectivity index is 1.76. The predicted octanol–water partition coefficient (Wildman–Crippen LogP) is 7.31. The molecule has 242 valence electrons. The van der Waals surface area contributed by atoms with Gasteiger partial charge in [-0.15, -0.1) is 0 Å². The molecule has 2 aromatic heterocycles. The summed E-state index contributed by atoms with van der Waals surface area (Å²) in [4.78, 5) is 27.3. The van der Waals surface area contributed by atoms with Crippen LogP contribution in [0.1, 0.15) is 45.6 Å². The fourth-order valence-corrected chi connectivity index (χ4v) is 9.02. The van der Waals surface area contributed by atoms with Crippen molar-refractivity contribution in [2.75, 3.05) is 38.3 Å². The second kappa shape index (κ2) is 15.7. The SMILES string of the molecule is COCOc1cc(-c2ncc3c(N4CCCCCN4C(=O)OC(C)(C)C)nc(SC)nc3c2F)c2c(C#[C][Tl]=[P+]=S)c(F)ccc2c1. The standard InChI is InChI=1S/C32H32F2N5O4S.PS.Tl/c1-7-21-24(33)12-11-19-15-20(42-18-41-5)16-22(25(19)21)27-26(34)28-23(17-35-27)29(37-30(36-28)44-6)38-13-9-8-10-14-39(38)31(40)43-32(2,3)4;1-2;/h11-12,15-17H,8-10,13-14,18H2,2-6H3;;/q;-1;+2. The Morgan fingerprint density at radius 2 is 1.96 bits per heavy atom. The number of hydrazine groups is 1. The molecule has 1 saturated heterocycles. The number of carbonyl (C=O) groups excluding carboxylic acids is 1. The summed E-state index contributed by atoms with van der Waals surface area (Å²) >= 11 is 4.78. The molecule has 9 nitrogen and oxygen atoms in total. The van der Waals surface area contributed by atoms with Crippen molar-refractivity contribution in [2.24, 2.45) is 0 Å². The molecule has 0 atom stereocenters. The Labute approximate surface area is 293 Å². The minimum atomic E-state index is -1.55. The number of aromatic nitrogens is 3. The second-order valence-electron chi connectivity index (χ2n) is 11.6. The molecule has 1 fully saturated rings. The van der Waals surface area contributed by atoms with Gasteiger partial charge in [0.25, 0.3) is 0 Å². The van der Waals surface area contributed by atoms with Crippen LogP contribution in [0, 0.1) is 21.0 Å². The second-order valence-corrected chi connectivity index (χ2v) is 24.9. The Kier molecular flexibility index (Phi) is 11.9. The van der Waals surface area contributed by atoms with Crippen molar-refractivity contribution in [3.05, 3.63) is 47.7 Å². The number of hydrogen-bond donors (Lipinski definition) is 0. The number of fused-ring (bicyclic) bond motifs is 2. The number of ether oxygens (including phenoxy) is 3. The number of methoxy groups -OCH3 is 1. The van der Waals surface area contributed by atoms with Crippen LogP contribution in [0.15, 0.2) is 35.6 Å². The van der Waals surface area contributed by atoms with Crippen molar-refractivity contribution < 1.29 is 27.8 Å². The molecule has 0 radical (unpaired) electrons. The van der Waals surface area contributed by atoms with E-state index in [0.717, 1.165) is 23.3 Å². The third-order valence-corrected chi connectivity index (χ3v) is 14.0. The normalized spacial score (nSPS) is 13.5. The first-order chi connectivity index (χ1) is 22.6. The minimum absolute atomic E-state index is 0.0131. The van der Waals surface area contributed by atoms with Crippen LogP contribution in [0.5, 0.6) is 5.75 Å². The molecule has 0 saturated carbocycles. The summed E-state index contributed by atoms with van der Waals surface area (Å²) in [6, 6.07) is 6.27. The van der Waals surface area contributed by atoms with Crippen LogP contribution in [-0.4, -0.2) is 88.0 Å². The van der Waals surface area contributed by atoms with E-state index in [1.807, 2.05) is 20.8 Å². The molecule has 0 aliphatic carbocycles. The number of benzene rings is 2. The van der Waals surface area contributed by atoms with Gasteiger partial charge in [-0.2, -0.15) is 0 Å². The maximum atomic E-state index is 16.9. The quantitative estimate of drug-likeness (QED) is 0.0491. The van der Waals surface area contributed by atoms with Gasteiger partial charge in [-0.25, -0.2) is 4.79 Å². The van der Waals surface area contributed by atoms with E-state index in [1.54, 1.807) is 29.5 Å². The number of rotatable bonds is 6. The van der Waals surface area contributed by atoms with E-state index in [0.29, 0.717) is 51.5 Å². The molecule has 3 heterocycles. The summed E-state index contributed by atoms with van der Waals surface area (Å²) in [7, 11) is 1.49. The number of thioether (sulfide) groups is 1. The van der Waals surface area contributed by atoms with E-state index in [4.69, 9.17) is 31.0 Å². The van der Waals surface area contributed by atoms with Crippen LogP contribution in [0.3, 0.4) is 0 Å². The zero-order valence-electron chi connectivity index (χ0n) is 26.6. The third-order valence-electron chi connectivity index (χ3n) is 7.16. The topological polar surface area (TPSA) is 89.9 Å². The van der Waals surface area contributed by atoms with Gasteiger partial charge in [0, 0.05) is 6.54 Å². The number of anilines is 1. The van der Waals surface area contributed by atoms with Crippen LogP contribution < -0.4 is 9.75 Å². The number of pyridine rings is 1. The average Bonchev–Trinajstić information content (AvgIpc) is 3.30. The zero-order chi connectivity index (χ0) is 33.7. The molecule has 1 amide bonds. The van der Waals surface area contributed by atoms with Crippen molar-refractivity contribution in [3.8, 4) is 26.4 Å². The monoisotopic (exact) mass is 888 g/mol. The molecule has 2 aromatic carbocycles. The van der Waals surface area contributed by atoms with Gasteiger partial charge in [-0.1, -0.05) is 0 Å². The fraction of sp³-hybridized carbons (Fsp3) is 0.375. The summed E-state index contributed by atoms with van der Waals surface area (Å²) in [5.41, 5.74) is -0.312. The summed E-state index contributed by atoms with van der Waals surface area (Å²) in [5.74, 6) is 2.47. The van der Waals surface area contributed by atoms with Gasteiger partial charge < -0.3 is 4.74 Å². The van der Waals surface area contributed by atoms with E-state index < -0.39 is 46.4 Å². The van der Waals surface area contributed by atoms with Crippen LogP contribution in [0.4, 0.5) is 19.4 Å². The van der Waals surface area contributed by atoms with E-state index in [1.165, 1.54) is 36.1 Å². The zero-order valence-corrected chi connectivity index (χ0v) is 33.6. The van der Waals surface area contributed by atoms with Gasteiger partial charge in [0.05, 0.1) is 0 Å². The summed E-state index contributed by atoms with van der Waals surface area (Å²) in [6.45, 7) is 6.25. The van der Waals surface area contributed by atoms with Crippen LogP contribution >= 0.6 is 15.8 Å². The van der Waals surface area contributed by atoms with Gasteiger partial charge in [-0.3, -0.25) is 0 Å². The van der Waals surface area contributed by atoms with E-state index in [2.05, 4.69) is 19.4 Å². The van der Waals surface area contributed by atoms with Gasteiger partial charge >= 0.3 is 233 Å². The Morgan fingerprint density at radius 3 is 2.68 bits per heavy atom. The van der Waals surface area contributed by atoms with Crippen molar-refractivity contribution in [1.82, 2.24) is 20.0 Å². The number of nitrogens with zero attached hydrogens (tertiary/aromatic N) is 5. The molecule has 47 heavy (non-hydrogen) atoms. The molecular formula is C32H32F2N5O4PS2Tl+. The van der Waals surface area contributed by atoms with E-state index in [-0.39, 0.29) is 23.6 Å². The average molecular weight is 888 g/mol. The molecule has 0 spiro atoms.